The molecule has 0 radical (unpaired) electrons. The summed E-state index contributed by atoms with van der Waals surface area (Å²) in [6.45, 7) is 0.356. The Labute approximate surface area is 129 Å². The monoisotopic (exact) mass is 379 g/mol. The SMILES string of the molecule is O=S(=O)(NCCc1cccs1)c1ccc(Br)cc1Cl. The lowest BCUT2D eigenvalue weighted by molar-refractivity contribution is 0.582. The van der Waals surface area contributed by atoms with Crippen LogP contribution < -0.4 is 4.72 Å². The van der Waals surface area contributed by atoms with E-state index in [0.29, 0.717) is 13.0 Å². The number of nitrogens with one attached hydrogen (secondary N) is 1. The molecule has 0 spiro atoms. The normalized spacial score (nSPS) is 11.7. The van der Waals surface area contributed by atoms with Gasteiger partial charge in [0.15, 0.2) is 0 Å². The van der Waals surface area contributed by atoms with Gasteiger partial charge in [-0.15, -0.1) is 11.3 Å². The van der Waals surface area contributed by atoms with Crippen LogP contribution in [0.25, 0.3) is 0 Å². The summed E-state index contributed by atoms with van der Waals surface area (Å²) in [6, 6.07) is 8.63. The van der Waals surface area contributed by atoms with Gasteiger partial charge in [0.25, 0.3) is 0 Å². The van der Waals surface area contributed by atoms with Gasteiger partial charge in [0.1, 0.15) is 4.90 Å². The van der Waals surface area contributed by atoms with Crippen LogP contribution in [0.3, 0.4) is 0 Å². The first-order valence-corrected chi connectivity index (χ1v) is 8.99. The minimum atomic E-state index is -3.56. The first-order chi connectivity index (χ1) is 8.99. The third kappa shape index (κ3) is 4.03. The molecule has 102 valence electrons. The quantitative estimate of drug-likeness (QED) is 0.860. The van der Waals surface area contributed by atoms with Crippen LogP contribution in [0.15, 0.2) is 45.1 Å². The Kier molecular flexibility index (Phi) is 5.03. The maximum Gasteiger partial charge on any atom is 0.242 e. The van der Waals surface area contributed by atoms with Crippen LogP contribution in [0.2, 0.25) is 5.02 Å². The van der Waals surface area contributed by atoms with E-state index in [4.69, 9.17) is 11.6 Å². The second-order valence-electron chi connectivity index (χ2n) is 3.80. The minimum Gasteiger partial charge on any atom is -0.211 e. The van der Waals surface area contributed by atoms with E-state index in [1.807, 2.05) is 17.5 Å². The van der Waals surface area contributed by atoms with Crippen LogP contribution >= 0.6 is 38.9 Å². The van der Waals surface area contributed by atoms with Crippen LogP contribution in [-0.2, 0) is 16.4 Å². The van der Waals surface area contributed by atoms with Crippen molar-refractivity contribution in [1.29, 1.82) is 0 Å². The Balaban J connectivity index is 2.05. The molecule has 2 rings (SSSR count). The summed E-state index contributed by atoms with van der Waals surface area (Å²) in [4.78, 5) is 1.24. The van der Waals surface area contributed by atoms with Crippen molar-refractivity contribution in [3.8, 4) is 0 Å². The van der Waals surface area contributed by atoms with E-state index in [1.54, 1.807) is 23.5 Å². The van der Waals surface area contributed by atoms with Gasteiger partial charge in [0, 0.05) is 15.9 Å². The van der Waals surface area contributed by atoms with E-state index in [-0.39, 0.29) is 9.92 Å². The van der Waals surface area contributed by atoms with E-state index in [0.717, 1.165) is 9.35 Å². The zero-order valence-corrected chi connectivity index (χ0v) is 13.7. The number of rotatable bonds is 5. The molecule has 1 aromatic carbocycles. The molecule has 3 nitrogen and oxygen atoms in total. The highest BCUT2D eigenvalue weighted by molar-refractivity contribution is 9.10. The van der Waals surface area contributed by atoms with Crippen molar-refractivity contribution in [2.75, 3.05) is 6.54 Å². The summed E-state index contributed by atoms with van der Waals surface area (Å²) in [5.41, 5.74) is 0. The van der Waals surface area contributed by atoms with Gasteiger partial charge < -0.3 is 0 Å². The molecule has 0 fully saturated rings. The van der Waals surface area contributed by atoms with Gasteiger partial charge in [-0.3, -0.25) is 0 Å². The molecule has 0 atom stereocenters. The molecule has 1 heterocycles. The molecule has 7 heteroatoms. The summed E-state index contributed by atoms with van der Waals surface area (Å²) in [5, 5.41) is 2.17. The molecule has 0 bridgehead atoms. The summed E-state index contributed by atoms with van der Waals surface area (Å²) in [6.07, 6.45) is 0.672. The molecule has 0 saturated carbocycles. The lowest BCUT2D eigenvalue weighted by atomic mass is 10.3. The highest BCUT2D eigenvalue weighted by Crippen LogP contribution is 2.25. The largest absolute Gasteiger partial charge is 0.242 e. The van der Waals surface area contributed by atoms with Gasteiger partial charge in [0.2, 0.25) is 10.0 Å². The maximum atomic E-state index is 12.1. The molecule has 2 aromatic rings. The third-order valence-electron chi connectivity index (χ3n) is 2.43. The fraction of sp³-hybridized carbons (Fsp3) is 0.167. The number of hydrogen-bond donors (Lipinski definition) is 1. The van der Waals surface area contributed by atoms with Crippen LogP contribution in [-0.4, -0.2) is 15.0 Å². The van der Waals surface area contributed by atoms with Gasteiger partial charge in [-0.05, 0) is 36.1 Å². The molecule has 1 aromatic heterocycles. The average Bonchev–Trinajstić information content (AvgIpc) is 2.81. The first kappa shape index (κ1) is 15.0. The summed E-state index contributed by atoms with van der Waals surface area (Å²) in [5.74, 6) is 0. The lowest BCUT2D eigenvalue weighted by Crippen LogP contribution is -2.26. The van der Waals surface area contributed by atoms with Crippen molar-refractivity contribution in [2.24, 2.45) is 0 Å². The van der Waals surface area contributed by atoms with Crippen LogP contribution in [0.5, 0.6) is 0 Å². The second kappa shape index (κ2) is 6.37. The van der Waals surface area contributed by atoms with Crippen molar-refractivity contribution in [3.05, 3.63) is 50.1 Å². The number of benzene rings is 1. The van der Waals surface area contributed by atoms with E-state index in [9.17, 15) is 8.42 Å². The molecule has 0 aliphatic rings. The molecule has 0 aliphatic carbocycles. The fourth-order valence-corrected chi connectivity index (χ4v) is 4.31. The smallest absolute Gasteiger partial charge is 0.211 e. The van der Waals surface area contributed by atoms with Crippen molar-refractivity contribution in [3.63, 3.8) is 0 Å². The minimum absolute atomic E-state index is 0.101. The Bertz CT molecular complexity index is 656. The first-order valence-electron chi connectivity index (χ1n) is 5.46. The predicted molar refractivity (Wildman–Crippen MR) is 82.4 cm³/mol. The molecule has 0 unspecified atom stereocenters. The van der Waals surface area contributed by atoms with Gasteiger partial charge in [-0.25, -0.2) is 13.1 Å². The Hall–Kier alpha value is -0.400. The van der Waals surface area contributed by atoms with E-state index in [1.165, 1.54) is 6.07 Å². The molecule has 1 N–H and O–H groups in total. The molecular weight excluding hydrogens is 370 g/mol. The maximum absolute atomic E-state index is 12.1. The Morgan fingerprint density at radius 2 is 2.11 bits per heavy atom. The number of halogens is 2. The predicted octanol–water partition coefficient (Wildman–Crippen LogP) is 3.69. The van der Waals surface area contributed by atoms with Crippen LogP contribution in [0.1, 0.15) is 4.88 Å². The van der Waals surface area contributed by atoms with Crippen LogP contribution in [0.4, 0.5) is 0 Å². The number of hydrogen-bond acceptors (Lipinski definition) is 3. The highest BCUT2D eigenvalue weighted by atomic mass is 79.9. The zero-order valence-electron chi connectivity index (χ0n) is 9.77. The molecular formula is C12H11BrClNO2S2. The van der Waals surface area contributed by atoms with Crippen LogP contribution in [0, 0.1) is 0 Å². The average molecular weight is 381 g/mol. The van der Waals surface area contributed by atoms with E-state index in [2.05, 4.69) is 20.7 Å². The second-order valence-corrected chi connectivity index (χ2v) is 7.89. The van der Waals surface area contributed by atoms with Crippen molar-refractivity contribution < 1.29 is 8.42 Å². The van der Waals surface area contributed by atoms with E-state index >= 15 is 0 Å². The zero-order chi connectivity index (χ0) is 13.9. The number of thiophene rings is 1. The molecule has 0 amide bonds. The third-order valence-corrected chi connectivity index (χ3v) is 5.80. The summed E-state index contributed by atoms with van der Waals surface area (Å²) >= 11 is 10.8. The van der Waals surface area contributed by atoms with Gasteiger partial charge in [0.05, 0.1) is 5.02 Å². The summed E-state index contributed by atoms with van der Waals surface area (Å²) in [7, 11) is -3.56. The standard InChI is InChI=1S/C12H11BrClNO2S2/c13-9-3-4-12(11(14)8-9)19(16,17)15-6-5-10-2-1-7-18-10/h1-4,7-8,15H,5-6H2. The lowest BCUT2D eigenvalue weighted by Gasteiger charge is -2.08. The fourth-order valence-electron chi connectivity index (χ4n) is 1.53. The van der Waals surface area contributed by atoms with Gasteiger partial charge in [-0.2, -0.15) is 0 Å². The number of sulfonamides is 1. The molecule has 19 heavy (non-hydrogen) atoms. The van der Waals surface area contributed by atoms with Crippen molar-refractivity contribution in [2.45, 2.75) is 11.3 Å². The van der Waals surface area contributed by atoms with Gasteiger partial charge >= 0.3 is 0 Å². The topological polar surface area (TPSA) is 46.2 Å². The van der Waals surface area contributed by atoms with E-state index < -0.39 is 10.0 Å². The highest BCUT2D eigenvalue weighted by Gasteiger charge is 2.17. The molecule has 0 aliphatic heterocycles. The van der Waals surface area contributed by atoms with Crippen molar-refractivity contribution in [1.82, 2.24) is 4.72 Å². The van der Waals surface area contributed by atoms with Crippen molar-refractivity contribution >= 4 is 48.9 Å². The Morgan fingerprint density at radius 3 is 2.74 bits per heavy atom. The molecule has 0 saturated heterocycles. The van der Waals surface area contributed by atoms with Gasteiger partial charge in [-0.1, -0.05) is 33.6 Å². The Morgan fingerprint density at radius 1 is 1.32 bits per heavy atom. The summed E-state index contributed by atoms with van der Waals surface area (Å²) < 4.78 is 27.5.